The highest BCUT2D eigenvalue weighted by molar-refractivity contribution is 5.94. The molecule has 1 fully saturated rings. The van der Waals surface area contributed by atoms with Gasteiger partial charge in [-0.3, -0.25) is 9.59 Å². The molecule has 22 heavy (non-hydrogen) atoms. The van der Waals surface area contributed by atoms with Gasteiger partial charge in [0.05, 0.1) is 6.61 Å². The van der Waals surface area contributed by atoms with Crippen LogP contribution in [0.4, 0.5) is 0 Å². The van der Waals surface area contributed by atoms with Crippen molar-refractivity contribution in [3.05, 3.63) is 33.7 Å². The van der Waals surface area contributed by atoms with Gasteiger partial charge in [0, 0.05) is 37.9 Å². The number of hydrogen-bond donors (Lipinski definition) is 0. The van der Waals surface area contributed by atoms with E-state index in [1.807, 2.05) is 19.9 Å². The molecule has 122 valence electrons. The molecule has 1 saturated heterocycles. The van der Waals surface area contributed by atoms with Gasteiger partial charge in [-0.15, -0.1) is 0 Å². The highest BCUT2D eigenvalue weighted by Gasteiger charge is 2.28. The van der Waals surface area contributed by atoms with E-state index < -0.39 is 0 Å². The molecular formula is C17H26N2O3. The number of nitrogens with zero attached hydrogens (tertiary/aromatic N) is 2. The zero-order valence-corrected chi connectivity index (χ0v) is 13.8. The Labute approximate surface area is 131 Å². The number of rotatable bonds is 6. The molecule has 0 aromatic carbocycles. The maximum Gasteiger partial charge on any atom is 0.263 e. The molecule has 1 aromatic heterocycles. The lowest BCUT2D eigenvalue weighted by molar-refractivity contribution is 0.0752. The van der Waals surface area contributed by atoms with Gasteiger partial charge in [0.15, 0.2) is 0 Å². The maximum absolute atomic E-state index is 12.6. The number of hydrogen-bond acceptors (Lipinski definition) is 3. The van der Waals surface area contributed by atoms with Gasteiger partial charge in [-0.25, -0.2) is 0 Å². The highest BCUT2D eigenvalue weighted by Crippen LogP contribution is 2.18. The molecule has 1 aliphatic heterocycles. The summed E-state index contributed by atoms with van der Waals surface area (Å²) in [4.78, 5) is 26.8. The molecule has 0 bridgehead atoms. The first kappa shape index (κ1) is 16.7. The monoisotopic (exact) mass is 306 g/mol. The van der Waals surface area contributed by atoms with E-state index in [0.29, 0.717) is 32.2 Å². The third-order valence-electron chi connectivity index (χ3n) is 4.21. The molecule has 5 heteroatoms. The van der Waals surface area contributed by atoms with Crippen LogP contribution in [0.5, 0.6) is 0 Å². The number of carbonyl (C=O) groups is 1. The van der Waals surface area contributed by atoms with Crippen LogP contribution in [-0.4, -0.2) is 41.7 Å². The van der Waals surface area contributed by atoms with Gasteiger partial charge >= 0.3 is 0 Å². The van der Waals surface area contributed by atoms with Crippen molar-refractivity contribution >= 4 is 5.91 Å². The smallest absolute Gasteiger partial charge is 0.263 e. The number of amides is 1. The summed E-state index contributed by atoms with van der Waals surface area (Å²) in [6.45, 7) is 9.32. The molecule has 2 heterocycles. The van der Waals surface area contributed by atoms with Crippen LogP contribution in [0.1, 0.15) is 42.7 Å². The number of pyridine rings is 1. The molecule has 0 saturated carbocycles. The Morgan fingerprint density at radius 3 is 2.82 bits per heavy atom. The van der Waals surface area contributed by atoms with E-state index in [1.54, 1.807) is 15.5 Å². The van der Waals surface area contributed by atoms with E-state index in [1.165, 1.54) is 0 Å². The van der Waals surface area contributed by atoms with E-state index in [9.17, 15) is 9.59 Å². The number of carbonyl (C=O) groups excluding carboxylic acids is 1. The Morgan fingerprint density at radius 2 is 2.14 bits per heavy atom. The SMILES string of the molecule is CCCOCC1CCN(C(=O)c2ccc(C)n(CC)c2=O)C1. The lowest BCUT2D eigenvalue weighted by atomic mass is 10.1. The molecule has 5 nitrogen and oxygen atoms in total. The third-order valence-corrected chi connectivity index (χ3v) is 4.21. The fourth-order valence-corrected chi connectivity index (χ4v) is 2.94. The zero-order chi connectivity index (χ0) is 16.1. The minimum absolute atomic E-state index is 0.148. The second-order valence-electron chi connectivity index (χ2n) is 5.92. The van der Waals surface area contributed by atoms with Crippen molar-refractivity contribution in [2.45, 2.75) is 40.2 Å². The van der Waals surface area contributed by atoms with Crippen LogP contribution in [0.3, 0.4) is 0 Å². The van der Waals surface area contributed by atoms with Gasteiger partial charge < -0.3 is 14.2 Å². The van der Waals surface area contributed by atoms with Gasteiger partial charge in [0.1, 0.15) is 5.56 Å². The Kier molecular flexibility index (Phi) is 5.77. The molecule has 1 aliphatic rings. The molecular weight excluding hydrogens is 280 g/mol. The number of likely N-dealkylation sites (tertiary alicyclic amines) is 1. The largest absolute Gasteiger partial charge is 0.381 e. The fraction of sp³-hybridized carbons (Fsp3) is 0.647. The summed E-state index contributed by atoms with van der Waals surface area (Å²) in [5.74, 6) is 0.236. The predicted molar refractivity (Wildman–Crippen MR) is 86.2 cm³/mol. The molecule has 0 radical (unpaired) electrons. The summed E-state index contributed by atoms with van der Waals surface area (Å²) in [7, 11) is 0. The minimum atomic E-state index is -0.182. The van der Waals surface area contributed by atoms with Gasteiger partial charge in [-0.05, 0) is 38.8 Å². The van der Waals surface area contributed by atoms with Crippen LogP contribution in [0.15, 0.2) is 16.9 Å². The molecule has 2 rings (SSSR count). The van der Waals surface area contributed by atoms with E-state index >= 15 is 0 Å². The van der Waals surface area contributed by atoms with Crippen molar-refractivity contribution in [3.63, 3.8) is 0 Å². The van der Waals surface area contributed by atoms with E-state index in [-0.39, 0.29) is 17.0 Å². The van der Waals surface area contributed by atoms with E-state index in [4.69, 9.17) is 4.74 Å². The number of ether oxygens (including phenoxy) is 1. The topological polar surface area (TPSA) is 51.5 Å². The number of aromatic nitrogens is 1. The first-order chi connectivity index (χ1) is 10.6. The molecule has 1 amide bonds. The molecule has 0 spiro atoms. The lowest BCUT2D eigenvalue weighted by Crippen LogP contribution is -2.36. The summed E-state index contributed by atoms with van der Waals surface area (Å²) < 4.78 is 7.22. The average Bonchev–Trinajstić information content (AvgIpc) is 2.96. The van der Waals surface area contributed by atoms with Crippen molar-refractivity contribution in [2.75, 3.05) is 26.3 Å². The van der Waals surface area contributed by atoms with Crippen LogP contribution >= 0.6 is 0 Å². The number of aryl methyl sites for hydroxylation is 1. The summed E-state index contributed by atoms with van der Waals surface area (Å²) in [6.07, 6.45) is 1.96. The summed E-state index contributed by atoms with van der Waals surface area (Å²) in [6, 6.07) is 3.50. The first-order valence-electron chi connectivity index (χ1n) is 8.15. The first-order valence-corrected chi connectivity index (χ1v) is 8.15. The summed E-state index contributed by atoms with van der Waals surface area (Å²) >= 11 is 0. The summed E-state index contributed by atoms with van der Waals surface area (Å²) in [5, 5.41) is 0. The minimum Gasteiger partial charge on any atom is -0.381 e. The van der Waals surface area contributed by atoms with Crippen molar-refractivity contribution in [1.29, 1.82) is 0 Å². The van der Waals surface area contributed by atoms with Crippen LogP contribution in [0.25, 0.3) is 0 Å². The van der Waals surface area contributed by atoms with Crippen LogP contribution in [0, 0.1) is 12.8 Å². The van der Waals surface area contributed by atoms with Crippen molar-refractivity contribution < 1.29 is 9.53 Å². The van der Waals surface area contributed by atoms with Gasteiger partial charge in [-0.1, -0.05) is 6.92 Å². The lowest BCUT2D eigenvalue weighted by Gasteiger charge is -2.17. The maximum atomic E-state index is 12.6. The predicted octanol–water partition coefficient (Wildman–Crippen LogP) is 2.07. The van der Waals surface area contributed by atoms with Crippen LogP contribution in [0.2, 0.25) is 0 Å². The molecule has 1 unspecified atom stereocenters. The normalized spacial score (nSPS) is 18.0. The Hall–Kier alpha value is -1.62. The average molecular weight is 306 g/mol. The molecule has 0 N–H and O–H groups in total. The van der Waals surface area contributed by atoms with Gasteiger partial charge in [0.2, 0.25) is 0 Å². The second kappa shape index (κ2) is 7.58. The van der Waals surface area contributed by atoms with Crippen molar-refractivity contribution in [1.82, 2.24) is 9.47 Å². The van der Waals surface area contributed by atoms with Gasteiger partial charge in [0.25, 0.3) is 11.5 Å². The van der Waals surface area contributed by atoms with Gasteiger partial charge in [-0.2, -0.15) is 0 Å². The quantitative estimate of drug-likeness (QED) is 0.756. The molecule has 1 atom stereocenters. The zero-order valence-electron chi connectivity index (χ0n) is 13.8. The highest BCUT2D eigenvalue weighted by atomic mass is 16.5. The molecule has 0 aliphatic carbocycles. The second-order valence-corrected chi connectivity index (χ2v) is 5.92. The van der Waals surface area contributed by atoms with Crippen molar-refractivity contribution in [3.8, 4) is 0 Å². The van der Waals surface area contributed by atoms with Crippen LogP contribution in [-0.2, 0) is 11.3 Å². The summed E-state index contributed by atoms with van der Waals surface area (Å²) in [5.41, 5.74) is 0.983. The third kappa shape index (κ3) is 3.58. The van der Waals surface area contributed by atoms with Crippen molar-refractivity contribution in [2.24, 2.45) is 5.92 Å². The standard InChI is InChI=1S/C17H26N2O3/c1-4-10-22-12-14-8-9-18(11-14)16(20)15-7-6-13(3)19(5-2)17(15)21/h6-7,14H,4-5,8-12H2,1-3H3. The Bertz CT molecular complexity index is 580. The van der Waals surface area contributed by atoms with Crippen LogP contribution < -0.4 is 5.56 Å². The fourth-order valence-electron chi connectivity index (χ4n) is 2.94. The Balaban J connectivity index is 2.06. The Morgan fingerprint density at radius 1 is 1.36 bits per heavy atom. The molecule has 1 aromatic rings. The van der Waals surface area contributed by atoms with E-state index in [2.05, 4.69) is 6.92 Å². The van der Waals surface area contributed by atoms with E-state index in [0.717, 1.165) is 25.1 Å².